The first-order valence-corrected chi connectivity index (χ1v) is 7.96. The SMILES string of the molecule is C[C@H](O)c1ccc(N(C)CCc2cccs2)c(Br)c1. The van der Waals surface area contributed by atoms with E-state index in [4.69, 9.17) is 0 Å². The second-order valence-corrected chi connectivity index (χ2v) is 6.52. The van der Waals surface area contributed by atoms with Crippen LogP contribution >= 0.6 is 27.3 Å². The molecule has 1 N–H and O–H groups in total. The van der Waals surface area contributed by atoms with Gasteiger partial charge in [-0.05, 0) is 58.4 Å². The zero-order chi connectivity index (χ0) is 13.8. The van der Waals surface area contributed by atoms with E-state index in [9.17, 15) is 5.11 Å². The van der Waals surface area contributed by atoms with Crippen molar-refractivity contribution in [3.05, 3.63) is 50.6 Å². The van der Waals surface area contributed by atoms with Crippen molar-refractivity contribution in [3.63, 3.8) is 0 Å². The lowest BCUT2D eigenvalue weighted by Gasteiger charge is -2.21. The van der Waals surface area contributed by atoms with E-state index in [1.165, 1.54) is 4.88 Å². The highest BCUT2D eigenvalue weighted by molar-refractivity contribution is 9.10. The molecule has 0 spiro atoms. The summed E-state index contributed by atoms with van der Waals surface area (Å²) in [5.41, 5.74) is 2.09. The van der Waals surface area contributed by atoms with E-state index < -0.39 is 6.10 Å². The van der Waals surface area contributed by atoms with Crippen molar-refractivity contribution in [1.29, 1.82) is 0 Å². The summed E-state index contributed by atoms with van der Waals surface area (Å²) in [6.07, 6.45) is 0.625. The van der Waals surface area contributed by atoms with Gasteiger partial charge in [-0.3, -0.25) is 0 Å². The van der Waals surface area contributed by atoms with Gasteiger partial charge in [0.2, 0.25) is 0 Å². The van der Waals surface area contributed by atoms with Gasteiger partial charge >= 0.3 is 0 Å². The fourth-order valence-corrected chi connectivity index (χ4v) is 3.34. The van der Waals surface area contributed by atoms with Gasteiger partial charge in [-0.2, -0.15) is 0 Å². The van der Waals surface area contributed by atoms with Gasteiger partial charge in [-0.25, -0.2) is 0 Å². The summed E-state index contributed by atoms with van der Waals surface area (Å²) >= 11 is 5.38. The van der Waals surface area contributed by atoms with E-state index in [1.54, 1.807) is 18.3 Å². The molecule has 102 valence electrons. The summed E-state index contributed by atoms with van der Waals surface area (Å²) in [4.78, 5) is 3.64. The van der Waals surface area contributed by atoms with Crippen LogP contribution in [-0.4, -0.2) is 18.7 Å². The molecule has 1 aromatic carbocycles. The van der Waals surface area contributed by atoms with Gasteiger partial charge in [0, 0.05) is 22.9 Å². The summed E-state index contributed by atoms with van der Waals surface area (Å²) in [5.74, 6) is 0. The van der Waals surface area contributed by atoms with Crippen LogP contribution in [0.15, 0.2) is 40.2 Å². The second kappa shape index (κ2) is 6.55. The van der Waals surface area contributed by atoms with Crippen molar-refractivity contribution < 1.29 is 5.11 Å². The van der Waals surface area contributed by atoms with Gasteiger partial charge in [-0.15, -0.1) is 11.3 Å². The third-order valence-corrected chi connectivity index (χ3v) is 4.71. The third kappa shape index (κ3) is 3.81. The van der Waals surface area contributed by atoms with E-state index in [2.05, 4.69) is 51.5 Å². The lowest BCUT2D eigenvalue weighted by atomic mass is 10.1. The minimum absolute atomic E-state index is 0.429. The molecular formula is C15H18BrNOS. The van der Waals surface area contributed by atoms with E-state index in [1.807, 2.05) is 12.1 Å². The quantitative estimate of drug-likeness (QED) is 0.880. The van der Waals surface area contributed by atoms with Crippen molar-refractivity contribution in [3.8, 4) is 0 Å². The minimum Gasteiger partial charge on any atom is -0.389 e. The van der Waals surface area contributed by atoms with E-state index in [0.29, 0.717) is 0 Å². The lowest BCUT2D eigenvalue weighted by Crippen LogP contribution is -2.20. The molecule has 0 amide bonds. The van der Waals surface area contributed by atoms with Crippen LogP contribution in [-0.2, 0) is 6.42 Å². The van der Waals surface area contributed by atoms with Crippen molar-refractivity contribution >= 4 is 33.0 Å². The number of hydrogen-bond donors (Lipinski definition) is 1. The molecule has 0 bridgehead atoms. The maximum Gasteiger partial charge on any atom is 0.0762 e. The minimum atomic E-state index is -0.429. The molecule has 0 radical (unpaired) electrons. The molecule has 4 heteroatoms. The molecule has 2 nitrogen and oxygen atoms in total. The van der Waals surface area contributed by atoms with Gasteiger partial charge in [0.15, 0.2) is 0 Å². The Kier molecular flexibility index (Phi) is 5.02. The number of rotatable bonds is 5. The highest BCUT2D eigenvalue weighted by atomic mass is 79.9. The highest BCUT2D eigenvalue weighted by Gasteiger charge is 2.09. The van der Waals surface area contributed by atoms with Crippen molar-refractivity contribution in [2.75, 3.05) is 18.5 Å². The number of aliphatic hydroxyl groups is 1. The fourth-order valence-electron chi connectivity index (χ4n) is 1.95. The molecule has 0 aliphatic carbocycles. The Morgan fingerprint density at radius 2 is 2.16 bits per heavy atom. The van der Waals surface area contributed by atoms with Gasteiger partial charge in [0.1, 0.15) is 0 Å². The molecule has 0 fully saturated rings. The van der Waals surface area contributed by atoms with Gasteiger partial charge in [-0.1, -0.05) is 12.1 Å². The normalized spacial score (nSPS) is 12.4. The maximum atomic E-state index is 9.57. The highest BCUT2D eigenvalue weighted by Crippen LogP contribution is 2.29. The van der Waals surface area contributed by atoms with Crippen LogP contribution in [0.3, 0.4) is 0 Å². The van der Waals surface area contributed by atoms with Crippen LogP contribution in [0.5, 0.6) is 0 Å². The zero-order valence-electron chi connectivity index (χ0n) is 11.1. The Morgan fingerprint density at radius 1 is 1.37 bits per heavy atom. The number of likely N-dealkylation sites (N-methyl/N-ethyl adjacent to an activating group) is 1. The number of thiophene rings is 1. The number of hydrogen-bond acceptors (Lipinski definition) is 3. The lowest BCUT2D eigenvalue weighted by molar-refractivity contribution is 0.199. The molecule has 0 aliphatic rings. The number of nitrogens with zero attached hydrogens (tertiary/aromatic N) is 1. The predicted molar refractivity (Wildman–Crippen MR) is 86.1 cm³/mol. The number of benzene rings is 1. The largest absolute Gasteiger partial charge is 0.389 e. The Morgan fingerprint density at radius 3 is 2.74 bits per heavy atom. The zero-order valence-corrected chi connectivity index (χ0v) is 13.5. The Balaban J connectivity index is 2.04. The van der Waals surface area contributed by atoms with Crippen molar-refractivity contribution in [1.82, 2.24) is 0 Å². The molecule has 0 saturated carbocycles. The van der Waals surface area contributed by atoms with Crippen LogP contribution in [0.4, 0.5) is 5.69 Å². The molecule has 19 heavy (non-hydrogen) atoms. The average Bonchev–Trinajstić information content (AvgIpc) is 2.88. The van der Waals surface area contributed by atoms with Gasteiger partial charge in [0.25, 0.3) is 0 Å². The molecule has 2 rings (SSSR count). The molecule has 0 unspecified atom stereocenters. The first kappa shape index (κ1) is 14.6. The van der Waals surface area contributed by atoms with Crippen LogP contribution in [0, 0.1) is 0 Å². The topological polar surface area (TPSA) is 23.5 Å². The Labute approximate surface area is 126 Å². The van der Waals surface area contributed by atoms with Crippen LogP contribution in [0.2, 0.25) is 0 Å². The Hall–Kier alpha value is -0.840. The number of aliphatic hydroxyl groups excluding tert-OH is 1. The van der Waals surface area contributed by atoms with Crippen LogP contribution < -0.4 is 4.90 Å². The monoisotopic (exact) mass is 339 g/mol. The first-order valence-electron chi connectivity index (χ1n) is 6.29. The number of anilines is 1. The van der Waals surface area contributed by atoms with E-state index >= 15 is 0 Å². The summed E-state index contributed by atoms with van der Waals surface area (Å²) in [6.45, 7) is 2.76. The van der Waals surface area contributed by atoms with Gasteiger partial charge in [0.05, 0.1) is 11.8 Å². The predicted octanol–water partition coefficient (Wildman–Crippen LogP) is 4.24. The van der Waals surface area contributed by atoms with Gasteiger partial charge < -0.3 is 10.0 Å². The molecule has 2 aromatic rings. The molecule has 0 aliphatic heterocycles. The first-order chi connectivity index (χ1) is 9.08. The second-order valence-electron chi connectivity index (χ2n) is 4.64. The Bertz CT molecular complexity index is 525. The van der Waals surface area contributed by atoms with E-state index in [0.717, 1.165) is 28.7 Å². The average molecular weight is 340 g/mol. The smallest absolute Gasteiger partial charge is 0.0762 e. The third-order valence-electron chi connectivity index (χ3n) is 3.14. The molecular weight excluding hydrogens is 322 g/mol. The summed E-state index contributed by atoms with van der Waals surface area (Å²) in [7, 11) is 2.09. The number of halogens is 1. The van der Waals surface area contributed by atoms with Crippen molar-refractivity contribution in [2.45, 2.75) is 19.4 Å². The summed E-state index contributed by atoms with van der Waals surface area (Å²) in [6, 6.07) is 10.3. The maximum absolute atomic E-state index is 9.57. The van der Waals surface area contributed by atoms with Crippen molar-refractivity contribution in [2.24, 2.45) is 0 Å². The molecule has 0 saturated heterocycles. The van der Waals surface area contributed by atoms with Crippen LogP contribution in [0.25, 0.3) is 0 Å². The van der Waals surface area contributed by atoms with E-state index in [-0.39, 0.29) is 0 Å². The summed E-state index contributed by atoms with van der Waals surface area (Å²) < 4.78 is 1.03. The molecule has 1 atom stereocenters. The standard InChI is InChI=1S/C15H18BrNOS/c1-11(18)12-5-6-15(14(16)10-12)17(2)8-7-13-4-3-9-19-13/h3-6,9-11,18H,7-8H2,1-2H3/t11-/m0/s1. The molecule has 1 aromatic heterocycles. The molecule has 1 heterocycles. The fraction of sp³-hybridized carbons (Fsp3) is 0.333. The van der Waals surface area contributed by atoms with Crippen LogP contribution in [0.1, 0.15) is 23.5 Å². The summed E-state index contributed by atoms with van der Waals surface area (Å²) in [5, 5.41) is 11.7.